The number of unbranched alkanes of at least 4 members (excludes halogenated alkanes) is 2. The Hall–Kier alpha value is -2.37. The zero-order chi connectivity index (χ0) is 21.7. The van der Waals surface area contributed by atoms with Gasteiger partial charge in [-0.15, -0.1) is 0 Å². The number of rotatable bonds is 8. The number of amides is 1. The molecule has 1 amide bonds. The van der Waals surface area contributed by atoms with Crippen molar-refractivity contribution in [3.05, 3.63) is 64.7 Å². The molecule has 2 N–H and O–H groups in total. The lowest BCUT2D eigenvalue weighted by Crippen LogP contribution is -2.50. The summed E-state index contributed by atoms with van der Waals surface area (Å²) in [6.07, 6.45) is 4.17. The fourth-order valence-electron chi connectivity index (χ4n) is 4.11. The monoisotopic (exact) mass is 408 g/mol. The molecule has 0 saturated carbocycles. The van der Waals surface area contributed by atoms with Crippen molar-refractivity contribution in [1.29, 1.82) is 0 Å². The van der Waals surface area contributed by atoms with E-state index >= 15 is 0 Å². The van der Waals surface area contributed by atoms with E-state index in [-0.39, 0.29) is 18.0 Å². The number of carbonyl (C=O) groups is 1. The number of aryl methyl sites for hydroxylation is 3. The molecule has 0 aliphatic carbocycles. The van der Waals surface area contributed by atoms with Gasteiger partial charge in [-0.05, 0) is 50.8 Å². The third-order valence-corrected chi connectivity index (χ3v) is 5.85. The average molecular weight is 409 g/mol. The predicted molar refractivity (Wildman–Crippen MR) is 124 cm³/mol. The summed E-state index contributed by atoms with van der Waals surface area (Å²) in [5.41, 5.74) is 12.6. The van der Waals surface area contributed by atoms with Crippen molar-refractivity contribution in [1.82, 2.24) is 15.9 Å². The Bertz CT molecular complexity index is 849. The summed E-state index contributed by atoms with van der Waals surface area (Å²) in [7, 11) is 1.95. The first-order chi connectivity index (χ1) is 14.4. The molecule has 3 rings (SSSR count). The Labute approximate surface area is 181 Å². The van der Waals surface area contributed by atoms with E-state index in [0.717, 1.165) is 25.1 Å². The summed E-state index contributed by atoms with van der Waals surface area (Å²) in [6.45, 7) is 9.40. The predicted octanol–water partition coefficient (Wildman–Crippen LogP) is 4.59. The van der Waals surface area contributed by atoms with E-state index in [9.17, 15) is 4.79 Å². The Balaban J connectivity index is 1.79. The van der Waals surface area contributed by atoms with E-state index in [1.807, 2.05) is 12.1 Å². The van der Waals surface area contributed by atoms with Crippen molar-refractivity contribution >= 4 is 11.6 Å². The molecule has 1 aliphatic rings. The van der Waals surface area contributed by atoms with E-state index < -0.39 is 0 Å². The molecule has 0 radical (unpaired) electrons. The number of carbonyl (C=O) groups excluding carboxylic acids is 1. The Kier molecular flexibility index (Phi) is 7.51. The molecule has 1 saturated heterocycles. The number of hydrogen-bond donors (Lipinski definition) is 2. The SMILES string of the molecule is CCCCCN(C)NC(=O)C1CC(c2ccc(C)cc2)N(c2ccc(C)cc2C)N1. The van der Waals surface area contributed by atoms with Crippen molar-refractivity contribution < 1.29 is 4.79 Å². The third kappa shape index (κ3) is 5.41. The van der Waals surface area contributed by atoms with Gasteiger partial charge in [0.05, 0.1) is 11.7 Å². The molecule has 1 aliphatic heterocycles. The normalized spacial score (nSPS) is 18.8. The molecule has 2 unspecified atom stereocenters. The van der Waals surface area contributed by atoms with E-state index in [2.05, 4.69) is 86.0 Å². The number of anilines is 1. The number of hydrogen-bond acceptors (Lipinski definition) is 4. The lowest BCUT2D eigenvalue weighted by atomic mass is 9.99. The molecule has 0 bridgehead atoms. The molecule has 0 aromatic heterocycles. The van der Waals surface area contributed by atoms with Crippen LogP contribution < -0.4 is 15.9 Å². The van der Waals surface area contributed by atoms with Gasteiger partial charge in [0.25, 0.3) is 5.91 Å². The van der Waals surface area contributed by atoms with Gasteiger partial charge in [0, 0.05) is 13.6 Å². The van der Waals surface area contributed by atoms with E-state index in [0.29, 0.717) is 0 Å². The fraction of sp³-hybridized carbons (Fsp3) is 0.480. The molecule has 5 heteroatoms. The second kappa shape index (κ2) is 10.1. The highest BCUT2D eigenvalue weighted by atomic mass is 16.2. The van der Waals surface area contributed by atoms with Gasteiger partial charge in [0.2, 0.25) is 0 Å². The molecular formula is C25H36N4O. The van der Waals surface area contributed by atoms with Crippen LogP contribution in [0.5, 0.6) is 0 Å². The Morgan fingerprint density at radius 1 is 1.10 bits per heavy atom. The second-order valence-corrected chi connectivity index (χ2v) is 8.61. The molecule has 1 fully saturated rings. The van der Waals surface area contributed by atoms with Crippen LogP contribution in [0.3, 0.4) is 0 Å². The number of nitrogens with one attached hydrogen (secondary N) is 2. The number of hydrazine groups is 2. The molecule has 2 aromatic carbocycles. The second-order valence-electron chi connectivity index (χ2n) is 8.61. The topological polar surface area (TPSA) is 47.6 Å². The molecule has 5 nitrogen and oxygen atoms in total. The van der Waals surface area contributed by atoms with Crippen molar-refractivity contribution in [3.63, 3.8) is 0 Å². The average Bonchev–Trinajstić information content (AvgIpc) is 3.14. The molecule has 2 aromatic rings. The zero-order valence-corrected chi connectivity index (χ0v) is 19.0. The Morgan fingerprint density at radius 3 is 2.47 bits per heavy atom. The van der Waals surface area contributed by atoms with E-state index in [1.165, 1.54) is 35.1 Å². The van der Waals surface area contributed by atoms with E-state index in [1.54, 1.807) is 0 Å². The van der Waals surface area contributed by atoms with Crippen LogP contribution in [0.1, 0.15) is 60.9 Å². The minimum Gasteiger partial charge on any atom is -0.300 e. The minimum atomic E-state index is -0.273. The van der Waals surface area contributed by atoms with Crippen LogP contribution in [0, 0.1) is 20.8 Å². The van der Waals surface area contributed by atoms with Gasteiger partial charge in [-0.2, -0.15) is 0 Å². The summed E-state index contributed by atoms with van der Waals surface area (Å²) in [6, 6.07) is 14.9. The quantitative estimate of drug-likeness (QED) is 0.495. The molecule has 1 heterocycles. The summed E-state index contributed by atoms with van der Waals surface area (Å²) in [4.78, 5) is 13.0. The largest absolute Gasteiger partial charge is 0.300 e. The van der Waals surface area contributed by atoms with Crippen LogP contribution in [-0.2, 0) is 4.79 Å². The summed E-state index contributed by atoms with van der Waals surface area (Å²) in [5, 5.41) is 4.10. The standard InChI is InChI=1S/C25H36N4O/c1-6-7-8-15-28(5)27-25(30)22-17-24(21-12-9-18(2)10-13-21)29(26-22)23-14-11-19(3)16-20(23)4/h9-14,16,22,24,26H,6-8,15,17H2,1-5H3,(H,27,30). The van der Waals surface area contributed by atoms with Crippen LogP contribution in [0.2, 0.25) is 0 Å². The number of nitrogens with zero attached hydrogens (tertiary/aromatic N) is 2. The van der Waals surface area contributed by atoms with E-state index in [4.69, 9.17) is 0 Å². The summed E-state index contributed by atoms with van der Waals surface area (Å²) in [5.74, 6) is 0.0263. The third-order valence-electron chi connectivity index (χ3n) is 5.85. The minimum absolute atomic E-state index is 0.0263. The van der Waals surface area contributed by atoms with Crippen molar-refractivity contribution in [3.8, 4) is 0 Å². The molecule has 0 spiro atoms. The van der Waals surface area contributed by atoms with Crippen LogP contribution in [0.4, 0.5) is 5.69 Å². The maximum absolute atomic E-state index is 13.0. The molecule has 162 valence electrons. The first kappa shape index (κ1) is 22.3. The first-order valence-electron chi connectivity index (χ1n) is 11.1. The van der Waals surface area contributed by atoms with Crippen LogP contribution in [0.15, 0.2) is 42.5 Å². The van der Waals surface area contributed by atoms with Gasteiger partial charge in [-0.3, -0.25) is 15.2 Å². The van der Waals surface area contributed by atoms with Crippen LogP contribution in [0.25, 0.3) is 0 Å². The summed E-state index contributed by atoms with van der Waals surface area (Å²) >= 11 is 0. The highest BCUT2D eigenvalue weighted by Crippen LogP contribution is 2.36. The van der Waals surface area contributed by atoms with Crippen LogP contribution >= 0.6 is 0 Å². The van der Waals surface area contributed by atoms with Crippen molar-refractivity contribution in [2.45, 2.75) is 65.5 Å². The van der Waals surface area contributed by atoms with Gasteiger partial charge in [-0.25, -0.2) is 10.4 Å². The van der Waals surface area contributed by atoms with Gasteiger partial charge in [0.15, 0.2) is 0 Å². The molecule has 30 heavy (non-hydrogen) atoms. The van der Waals surface area contributed by atoms with Gasteiger partial charge in [-0.1, -0.05) is 67.3 Å². The van der Waals surface area contributed by atoms with Crippen molar-refractivity contribution in [2.75, 3.05) is 18.6 Å². The van der Waals surface area contributed by atoms with Gasteiger partial charge < -0.3 is 0 Å². The number of benzene rings is 2. The summed E-state index contributed by atoms with van der Waals surface area (Å²) < 4.78 is 0. The lowest BCUT2D eigenvalue weighted by Gasteiger charge is -2.28. The fourth-order valence-corrected chi connectivity index (χ4v) is 4.11. The Morgan fingerprint density at radius 2 is 1.80 bits per heavy atom. The van der Waals surface area contributed by atoms with Crippen molar-refractivity contribution in [2.24, 2.45) is 0 Å². The maximum Gasteiger partial charge on any atom is 0.253 e. The van der Waals surface area contributed by atoms with Gasteiger partial charge >= 0.3 is 0 Å². The highest BCUT2D eigenvalue weighted by molar-refractivity contribution is 5.82. The maximum atomic E-state index is 13.0. The highest BCUT2D eigenvalue weighted by Gasteiger charge is 2.37. The van der Waals surface area contributed by atoms with Gasteiger partial charge in [0.1, 0.15) is 6.04 Å². The molecule has 2 atom stereocenters. The smallest absolute Gasteiger partial charge is 0.253 e. The zero-order valence-electron chi connectivity index (χ0n) is 19.0. The van der Waals surface area contributed by atoms with Crippen LogP contribution in [-0.4, -0.2) is 30.6 Å². The molecular weight excluding hydrogens is 372 g/mol. The first-order valence-corrected chi connectivity index (χ1v) is 11.1. The lowest BCUT2D eigenvalue weighted by molar-refractivity contribution is -0.127.